The van der Waals surface area contributed by atoms with Crippen LogP contribution in [0.1, 0.15) is 0 Å². The van der Waals surface area contributed by atoms with Gasteiger partial charge in [0.05, 0.1) is 0 Å². The third kappa shape index (κ3) is 13.1. The molecule has 0 spiro atoms. The van der Waals surface area contributed by atoms with Gasteiger partial charge in [-0.05, 0) is 0 Å². The summed E-state index contributed by atoms with van der Waals surface area (Å²) in [6.45, 7) is 0. The molecule has 0 fully saturated rings. The molecule has 0 amide bonds. The van der Waals surface area contributed by atoms with Gasteiger partial charge in [0.15, 0.2) is 0 Å². The molecule has 0 aliphatic heterocycles. The molecule has 0 aromatic heterocycles. The molecule has 0 bridgehead atoms. The van der Waals surface area contributed by atoms with Gasteiger partial charge in [0.2, 0.25) is 0 Å². The zero-order valence-electron chi connectivity index (χ0n) is 25.4. The van der Waals surface area contributed by atoms with Gasteiger partial charge in [0.25, 0.3) is 0 Å². The molecular weight excluding hydrogens is 905 g/mol. The Balaban J connectivity index is 0.000000410. The monoisotopic (exact) mass is 938 g/mol. The molecule has 0 nitrogen and oxygen atoms in total. The van der Waals surface area contributed by atoms with E-state index in [0.717, 1.165) is 0 Å². The Kier molecular flexibility index (Phi) is 22.6. The second-order valence-corrected chi connectivity index (χ2v) is 19.0. The number of benzene rings is 7. The molecule has 7 rings (SSSR count). The van der Waals surface area contributed by atoms with Crippen molar-refractivity contribution in [2.75, 3.05) is 0 Å². The molecule has 0 radical (unpaired) electrons. The van der Waals surface area contributed by atoms with Crippen molar-refractivity contribution >= 4 is 56.8 Å². The molecule has 226 valence electrons. The third-order valence-electron chi connectivity index (χ3n) is 6.40. The molecule has 0 saturated carbocycles. The molecule has 0 N–H and O–H groups in total. The van der Waals surface area contributed by atoms with Gasteiger partial charge in [-0.1, -0.05) is 0 Å². The van der Waals surface area contributed by atoms with Crippen molar-refractivity contribution in [1.29, 1.82) is 0 Å². The molecule has 0 aliphatic carbocycles. The molecule has 0 aliphatic rings. The zero-order chi connectivity index (χ0) is 29.7. The molecule has 4 heteroatoms. The average molecular weight is 940 g/mol. The molecule has 7 aromatic rings. The van der Waals surface area contributed by atoms with E-state index in [1.807, 2.05) is 91.0 Å². The first-order chi connectivity index (χ1) is 21.4. The summed E-state index contributed by atoms with van der Waals surface area (Å²) in [6, 6.07) is 81.9. The van der Waals surface area contributed by atoms with E-state index in [1.54, 1.807) is 0 Å². The fourth-order valence-electron chi connectivity index (χ4n) is 4.53. The first-order valence-corrected chi connectivity index (χ1v) is 19.4. The standard InChI is InChI=1S/7C6H5.2BrH.Sb.Sn/c7*1-2-4-6-5-3-1;;;;/h7*1-5H;2*1H;;/q;;;;3*-1;;;+1;+4/p-2. The summed E-state index contributed by atoms with van der Waals surface area (Å²) >= 11 is -3.17. The second-order valence-electron chi connectivity index (χ2n) is 9.25. The summed E-state index contributed by atoms with van der Waals surface area (Å²) < 4.78 is 5.91. The van der Waals surface area contributed by atoms with E-state index in [-0.39, 0.29) is 57.9 Å². The maximum atomic E-state index is 2.89. The molecule has 7 aromatic carbocycles. The summed E-state index contributed by atoms with van der Waals surface area (Å²) in [4.78, 5) is 0. The van der Waals surface area contributed by atoms with Crippen molar-refractivity contribution < 1.29 is 34.0 Å². The van der Waals surface area contributed by atoms with E-state index in [4.69, 9.17) is 0 Å². The van der Waals surface area contributed by atoms with Gasteiger partial charge in [-0.25, -0.2) is 0 Å². The van der Waals surface area contributed by atoms with Crippen LogP contribution in [0.2, 0.25) is 0 Å². The summed E-state index contributed by atoms with van der Waals surface area (Å²) in [5, 5.41) is 0. The van der Waals surface area contributed by atoms with Crippen LogP contribution in [-0.4, -0.2) is 42.7 Å². The normalized spacial score (nSPS) is 9.22. The summed E-state index contributed by atoms with van der Waals surface area (Å²) in [5.74, 6) is 0. The molecular formula is C42H35Br2SbSn. The van der Waals surface area contributed by atoms with E-state index in [1.165, 1.54) is 14.0 Å². The fourth-order valence-corrected chi connectivity index (χ4v) is 16.7. The van der Waals surface area contributed by atoms with Crippen molar-refractivity contribution in [3.63, 3.8) is 0 Å². The van der Waals surface area contributed by atoms with Gasteiger partial charge in [0, 0.05) is 0 Å². The van der Waals surface area contributed by atoms with Crippen LogP contribution in [0, 0.1) is 18.2 Å². The van der Waals surface area contributed by atoms with Crippen molar-refractivity contribution in [2.24, 2.45) is 0 Å². The SMILES string of the molecule is [Br-].[Br-].[Sn+4].[c-]1ccccc1.[c-]1ccccc1.[c-]1ccccc1.c1cc[c]([Sb+]([c]2ccccc2)([c]2ccccc2)[c]2ccccc2)cc1. The summed E-state index contributed by atoms with van der Waals surface area (Å²) in [7, 11) is 0. The van der Waals surface area contributed by atoms with Crippen LogP contribution in [0.3, 0.4) is 0 Å². The number of hydrogen-bond acceptors (Lipinski definition) is 0. The number of halogens is 2. The first-order valence-electron chi connectivity index (χ1n) is 14.3. The van der Waals surface area contributed by atoms with Gasteiger partial charge < -0.3 is 34.0 Å². The zero-order valence-corrected chi connectivity index (χ0v) is 34.0. The Labute approximate surface area is 318 Å². The summed E-state index contributed by atoms with van der Waals surface area (Å²) in [6.07, 6.45) is 0. The maximum absolute atomic E-state index is 3.17. The van der Waals surface area contributed by atoms with Gasteiger partial charge in [-0.3, -0.25) is 0 Å². The molecule has 0 heterocycles. The van der Waals surface area contributed by atoms with Crippen LogP contribution in [-0.2, 0) is 0 Å². The topological polar surface area (TPSA) is 0 Å². The average Bonchev–Trinajstić information content (AvgIpc) is 3.14. The van der Waals surface area contributed by atoms with E-state index < -0.39 is 18.8 Å². The van der Waals surface area contributed by atoms with E-state index in [2.05, 4.69) is 140 Å². The van der Waals surface area contributed by atoms with Crippen LogP contribution < -0.4 is 48.0 Å². The third-order valence-corrected chi connectivity index (χ3v) is 18.6. The van der Waals surface area contributed by atoms with Crippen molar-refractivity contribution in [2.45, 2.75) is 0 Å². The van der Waals surface area contributed by atoms with Crippen LogP contribution in [0.15, 0.2) is 212 Å². The molecule has 0 unspecified atom stereocenters. The minimum atomic E-state index is -3.17. The van der Waals surface area contributed by atoms with Gasteiger partial charge >= 0.3 is 178 Å². The van der Waals surface area contributed by atoms with Gasteiger partial charge in [-0.2, -0.15) is 109 Å². The molecule has 46 heavy (non-hydrogen) atoms. The minimum absolute atomic E-state index is 0. The Morgan fingerprint density at radius 2 is 0.435 bits per heavy atom. The fraction of sp³-hybridized carbons (Fsp3) is 0. The van der Waals surface area contributed by atoms with Crippen molar-refractivity contribution in [1.82, 2.24) is 0 Å². The molecule has 0 saturated heterocycles. The Morgan fingerprint density at radius 3 is 0.565 bits per heavy atom. The van der Waals surface area contributed by atoms with E-state index in [9.17, 15) is 0 Å². The van der Waals surface area contributed by atoms with Gasteiger partial charge in [-0.15, -0.1) is 0 Å². The molecule has 0 atom stereocenters. The van der Waals surface area contributed by atoms with Crippen LogP contribution in [0.25, 0.3) is 0 Å². The Morgan fingerprint density at radius 1 is 0.261 bits per heavy atom. The summed E-state index contributed by atoms with van der Waals surface area (Å²) in [5.41, 5.74) is 0. The Hall–Kier alpha value is -2.88. The van der Waals surface area contributed by atoms with Crippen LogP contribution in [0.4, 0.5) is 0 Å². The van der Waals surface area contributed by atoms with E-state index in [0.29, 0.717) is 0 Å². The first kappa shape index (κ1) is 41.1. The second kappa shape index (κ2) is 25.2. The van der Waals surface area contributed by atoms with Crippen molar-refractivity contribution in [3.8, 4) is 0 Å². The predicted molar refractivity (Wildman–Crippen MR) is 192 cm³/mol. The number of rotatable bonds is 4. The van der Waals surface area contributed by atoms with Gasteiger partial charge in [0.1, 0.15) is 0 Å². The van der Waals surface area contributed by atoms with Crippen LogP contribution >= 0.6 is 0 Å². The number of hydrogen-bond donors (Lipinski definition) is 0. The Bertz CT molecular complexity index is 1310. The predicted octanol–water partition coefficient (Wildman–Crippen LogP) is 1.15. The van der Waals surface area contributed by atoms with Crippen molar-refractivity contribution in [3.05, 3.63) is 231 Å². The van der Waals surface area contributed by atoms with Crippen LogP contribution in [0.5, 0.6) is 0 Å². The van der Waals surface area contributed by atoms with E-state index >= 15 is 0 Å². The quantitative estimate of drug-likeness (QED) is 0.184.